The van der Waals surface area contributed by atoms with Crippen LogP contribution in [0, 0.1) is 5.82 Å². The largest absolute Gasteiger partial charge is 0.498 e. The second-order valence-corrected chi connectivity index (χ2v) is 11.0. The van der Waals surface area contributed by atoms with Crippen LogP contribution in [0.25, 0.3) is 0 Å². The van der Waals surface area contributed by atoms with Crippen molar-refractivity contribution in [3.05, 3.63) is 82.9 Å². The Hall–Kier alpha value is -3.76. The molecule has 2 aromatic rings. The number of fused-ring (bicyclic) bond motifs is 1. The second kappa shape index (κ2) is 11.8. The first-order valence-corrected chi connectivity index (χ1v) is 13.3. The van der Waals surface area contributed by atoms with E-state index in [4.69, 9.17) is 15.2 Å². The van der Waals surface area contributed by atoms with Crippen molar-refractivity contribution in [2.45, 2.75) is 50.9 Å². The molecule has 1 fully saturated rings. The summed E-state index contributed by atoms with van der Waals surface area (Å²) in [4.78, 5) is 43.4. The highest BCUT2D eigenvalue weighted by Gasteiger charge is 2.55. The number of hydrogen-bond acceptors (Lipinski definition) is 6. The first kappa shape index (κ1) is 29.2. The number of carbonyl (C=O) groups is 3. The molecule has 3 N–H and O–H groups in total. The Morgan fingerprint density at radius 2 is 1.77 bits per heavy atom. The molecular formula is C30H37FN4O5. The van der Waals surface area contributed by atoms with Crippen LogP contribution in [0.2, 0.25) is 0 Å². The number of nitrogens with two attached hydrogens (primary N) is 1. The molecule has 10 heteroatoms. The molecule has 4 rings (SSSR count). The van der Waals surface area contributed by atoms with E-state index in [1.54, 1.807) is 42.7 Å². The minimum Gasteiger partial charge on any atom is -0.498 e. The number of methoxy groups -OCH3 is 1. The van der Waals surface area contributed by atoms with E-state index in [1.807, 2.05) is 30.3 Å². The summed E-state index contributed by atoms with van der Waals surface area (Å²) in [5.41, 5.74) is 6.02. The van der Waals surface area contributed by atoms with Gasteiger partial charge in [-0.05, 0) is 44.0 Å². The van der Waals surface area contributed by atoms with Gasteiger partial charge in [0.1, 0.15) is 23.2 Å². The number of piperazine rings is 1. The highest BCUT2D eigenvalue weighted by Crippen LogP contribution is 2.41. The minimum atomic E-state index is -1.21. The molecule has 2 aliphatic rings. The van der Waals surface area contributed by atoms with Crippen molar-refractivity contribution in [2.75, 3.05) is 33.4 Å². The predicted molar refractivity (Wildman–Crippen MR) is 147 cm³/mol. The summed E-state index contributed by atoms with van der Waals surface area (Å²) < 4.78 is 25.3. The topological polar surface area (TPSA) is 114 Å². The van der Waals surface area contributed by atoms with Gasteiger partial charge in [-0.15, -0.1) is 0 Å². The lowest BCUT2D eigenvalue weighted by Gasteiger charge is -2.48. The number of ether oxygens (including phenoxy) is 2. The molecule has 9 nitrogen and oxygen atoms in total. The Kier molecular flexibility index (Phi) is 8.60. The molecule has 2 aliphatic heterocycles. The molecular weight excluding hydrogens is 515 g/mol. The third-order valence-electron chi connectivity index (χ3n) is 7.40. The van der Waals surface area contributed by atoms with Crippen LogP contribution in [-0.4, -0.2) is 78.0 Å². The van der Waals surface area contributed by atoms with E-state index in [9.17, 15) is 18.8 Å². The third-order valence-corrected chi connectivity index (χ3v) is 7.40. The van der Waals surface area contributed by atoms with Gasteiger partial charge < -0.3 is 30.3 Å². The van der Waals surface area contributed by atoms with Crippen molar-refractivity contribution >= 4 is 17.7 Å². The highest BCUT2D eigenvalue weighted by molar-refractivity contribution is 5.98. The van der Waals surface area contributed by atoms with Crippen LogP contribution in [0.1, 0.15) is 31.9 Å². The zero-order valence-corrected chi connectivity index (χ0v) is 23.4. The van der Waals surface area contributed by atoms with E-state index in [1.165, 1.54) is 19.2 Å². The lowest BCUT2D eigenvalue weighted by molar-refractivity contribution is -0.147. The molecule has 2 aromatic carbocycles. The van der Waals surface area contributed by atoms with Crippen molar-refractivity contribution in [2.24, 2.45) is 5.73 Å². The van der Waals surface area contributed by atoms with Crippen LogP contribution in [0.3, 0.4) is 0 Å². The maximum Gasteiger partial charge on any atom is 0.253 e. The fourth-order valence-electron chi connectivity index (χ4n) is 5.36. The van der Waals surface area contributed by atoms with E-state index in [-0.39, 0.29) is 50.5 Å². The summed E-state index contributed by atoms with van der Waals surface area (Å²) in [6.45, 7) is 5.70. The quantitative estimate of drug-likeness (QED) is 0.467. The smallest absolute Gasteiger partial charge is 0.253 e. The summed E-state index contributed by atoms with van der Waals surface area (Å²) in [6, 6.07) is 14.6. The first-order valence-electron chi connectivity index (χ1n) is 13.3. The number of nitrogens with one attached hydrogen (secondary N) is 1. The normalized spacial score (nSPS) is 19.9. The van der Waals surface area contributed by atoms with Crippen LogP contribution in [0.5, 0.6) is 0 Å². The minimum absolute atomic E-state index is 0.0638. The van der Waals surface area contributed by atoms with Gasteiger partial charge in [0, 0.05) is 19.5 Å². The van der Waals surface area contributed by atoms with Gasteiger partial charge in [-0.25, -0.2) is 4.39 Å². The SMILES string of the molecule is COC1=C(C)C(=O)N2CCN(C(=O)[C@@H](COCc3ccccc3)NC(=O)C(C)(C)N)C[C@@]12Cc1ccc(F)cc1. The van der Waals surface area contributed by atoms with Crippen LogP contribution in [-0.2, 0) is 36.9 Å². The number of hydrogen-bond donors (Lipinski definition) is 2. The van der Waals surface area contributed by atoms with E-state index < -0.39 is 23.0 Å². The summed E-state index contributed by atoms with van der Waals surface area (Å²) in [6.07, 6.45) is 0.320. The van der Waals surface area contributed by atoms with Crippen LogP contribution in [0.4, 0.5) is 4.39 Å². The summed E-state index contributed by atoms with van der Waals surface area (Å²) in [5, 5.41) is 2.77. The molecule has 0 aliphatic carbocycles. The van der Waals surface area contributed by atoms with Gasteiger partial charge in [0.25, 0.3) is 5.91 Å². The molecule has 0 spiro atoms. The van der Waals surface area contributed by atoms with Crippen LogP contribution < -0.4 is 11.1 Å². The Balaban J connectivity index is 1.60. The maximum atomic E-state index is 14.0. The van der Waals surface area contributed by atoms with Gasteiger partial charge in [-0.2, -0.15) is 0 Å². The van der Waals surface area contributed by atoms with Crippen LogP contribution >= 0.6 is 0 Å². The molecule has 2 heterocycles. The molecule has 0 radical (unpaired) electrons. The van der Waals surface area contributed by atoms with Crippen molar-refractivity contribution in [3.8, 4) is 0 Å². The molecule has 2 atom stereocenters. The number of rotatable bonds is 10. The first-order chi connectivity index (χ1) is 19.0. The lowest BCUT2D eigenvalue weighted by Crippen LogP contribution is -2.66. The third kappa shape index (κ3) is 6.03. The van der Waals surface area contributed by atoms with Crippen molar-refractivity contribution in [1.29, 1.82) is 0 Å². The molecule has 3 amide bonds. The predicted octanol–water partition coefficient (Wildman–Crippen LogP) is 2.15. The summed E-state index contributed by atoms with van der Waals surface area (Å²) >= 11 is 0. The maximum absolute atomic E-state index is 14.0. The molecule has 0 bridgehead atoms. The van der Waals surface area contributed by atoms with E-state index >= 15 is 0 Å². The summed E-state index contributed by atoms with van der Waals surface area (Å²) in [7, 11) is 1.51. The van der Waals surface area contributed by atoms with E-state index in [2.05, 4.69) is 5.32 Å². The lowest BCUT2D eigenvalue weighted by atomic mass is 9.85. The fraction of sp³-hybridized carbons (Fsp3) is 0.433. The van der Waals surface area contributed by atoms with Gasteiger partial charge in [0.15, 0.2) is 0 Å². The van der Waals surface area contributed by atoms with Gasteiger partial charge in [-0.1, -0.05) is 42.5 Å². The average molecular weight is 553 g/mol. The molecule has 0 aromatic heterocycles. The Morgan fingerprint density at radius 1 is 1.10 bits per heavy atom. The van der Waals surface area contributed by atoms with Gasteiger partial charge in [0.2, 0.25) is 11.8 Å². The fourth-order valence-corrected chi connectivity index (χ4v) is 5.36. The highest BCUT2D eigenvalue weighted by atomic mass is 19.1. The molecule has 0 saturated carbocycles. The monoisotopic (exact) mass is 552 g/mol. The van der Waals surface area contributed by atoms with Crippen molar-refractivity contribution < 1.29 is 28.2 Å². The Bertz CT molecular complexity index is 1280. The van der Waals surface area contributed by atoms with E-state index in [0.717, 1.165) is 11.1 Å². The Labute approximate surface area is 234 Å². The second-order valence-electron chi connectivity index (χ2n) is 11.0. The van der Waals surface area contributed by atoms with Crippen LogP contribution in [0.15, 0.2) is 65.9 Å². The zero-order valence-electron chi connectivity index (χ0n) is 23.4. The van der Waals surface area contributed by atoms with Gasteiger partial charge in [0.05, 0.1) is 38.0 Å². The Morgan fingerprint density at radius 3 is 2.40 bits per heavy atom. The van der Waals surface area contributed by atoms with Gasteiger partial charge in [-0.3, -0.25) is 14.4 Å². The standard InChI is InChI=1S/C30H37FN4O5/c1-20-25(39-4)30(16-21-10-12-23(31)13-11-21)19-34(14-15-35(30)26(20)36)27(37)24(33-28(38)29(2,3)32)18-40-17-22-8-6-5-7-9-22/h5-13,24H,14-19,32H2,1-4H3,(H,33,38)/t24-,30+/m1/s1. The van der Waals surface area contributed by atoms with Crippen molar-refractivity contribution in [3.63, 3.8) is 0 Å². The summed E-state index contributed by atoms with van der Waals surface area (Å²) in [5.74, 6) is -0.888. The number of amides is 3. The molecule has 214 valence electrons. The number of benzene rings is 2. The zero-order chi connectivity index (χ0) is 29.1. The van der Waals surface area contributed by atoms with Crippen molar-refractivity contribution in [1.82, 2.24) is 15.1 Å². The molecule has 40 heavy (non-hydrogen) atoms. The van der Waals surface area contributed by atoms with E-state index in [0.29, 0.717) is 17.8 Å². The number of carbonyl (C=O) groups excluding carboxylic acids is 3. The average Bonchev–Trinajstić information content (AvgIpc) is 3.13. The molecule has 0 unspecified atom stereocenters. The number of nitrogens with zero attached hydrogens (tertiary/aromatic N) is 2. The van der Waals surface area contributed by atoms with Gasteiger partial charge >= 0.3 is 0 Å². The molecule has 1 saturated heterocycles. The number of halogens is 1.